The number of nitrogens with one attached hydrogen (secondary N) is 1. The zero-order chi connectivity index (χ0) is 20.5. The van der Waals surface area contributed by atoms with E-state index in [4.69, 9.17) is 20.4 Å². The van der Waals surface area contributed by atoms with Crippen molar-refractivity contribution in [3.8, 4) is 0 Å². The molecule has 0 aromatic carbocycles. The highest BCUT2D eigenvalue weighted by molar-refractivity contribution is 7.20. The van der Waals surface area contributed by atoms with Crippen molar-refractivity contribution in [3.05, 3.63) is 16.8 Å². The summed E-state index contributed by atoms with van der Waals surface area (Å²) in [7, 11) is 0. The lowest BCUT2D eigenvalue weighted by atomic mass is 9.96. The molecule has 0 saturated carbocycles. The molecule has 30 heavy (non-hydrogen) atoms. The molecule has 3 N–H and O–H groups in total. The van der Waals surface area contributed by atoms with Gasteiger partial charge in [-0.05, 0) is 63.1 Å². The fourth-order valence-corrected chi connectivity index (χ4v) is 6.28. The van der Waals surface area contributed by atoms with Crippen LogP contribution < -0.4 is 11.1 Å². The lowest BCUT2D eigenvalue weighted by molar-refractivity contribution is 0.0613. The Morgan fingerprint density at radius 2 is 2.00 bits per heavy atom. The number of nitrogens with zero attached hydrogens (tertiary/aromatic N) is 3. The van der Waals surface area contributed by atoms with Crippen LogP contribution in [0.25, 0.3) is 21.3 Å². The molecule has 2 saturated heterocycles. The van der Waals surface area contributed by atoms with E-state index in [0.717, 1.165) is 69.6 Å². The van der Waals surface area contributed by atoms with Gasteiger partial charge in [-0.25, -0.2) is 9.97 Å². The SMILES string of the molecule is CCCCc1nc2c(N)nc3cc(C4CCNCC4)sc3c2n1CC1CCOCC1. The summed E-state index contributed by atoms with van der Waals surface area (Å²) in [6.07, 6.45) is 7.98. The molecule has 3 aromatic rings. The van der Waals surface area contributed by atoms with Gasteiger partial charge in [0.15, 0.2) is 5.82 Å². The van der Waals surface area contributed by atoms with Gasteiger partial charge in [-0.15, -0.1) is 11.3 Å². The molecule has 0 radical (unpaired) electrons. The minimum absolute atomic E-state index is 0.579. The quantitative estimate of drug-likeness (QED) is 0.607. The van der Waals surface area contributed by atoms with E-state index in [1.807, 2.05) is 11.3 Å². The molecule has 0 atom stereocenters. The monoisotopic (exact) mass is 427 g/mol. The molecular formula is C23H33N5OS. The van der Waals surface area contributed by atoms with Crippen LogP contribution in [0.15, 0.2) is 6.07 Å². The van der Waals surface area contributed by atoms with Crippen LogP contribution in [-0.4, -0.2) is 40.8 Å². The molecule has 7 heteroatoms. The van der Waals surface area contributed by atoms with Gasteiger partial charge < -0.3 is 20.4 Å². The maximum Gasteiger partial charge on any atom is 0.152 e. The van der Waals surface area contributed by atoms with Crippen LogP contribution in [0.2, 0.25) is 0 Å². The first-order valence-corrected chi connectivity index (χ1v) is 12.4. The summed E-state index contributed by atoms with van der Waals surface area (Å²) in [6.45, 7) is 7.21. The fraction of sp³-hybridized carbons (Fsp3) is 0.652. The van der Waals surface area contributed by atoms with Crippen LogP contribution >= 0.6 is 11.3 Å². The predicted molar refractivity (Wildman–Crippen MR) is 124 cm³/mol. The number of ether oxygens (including phenoxy) is 1. The molecule has 0 unspecified atom stereocenters. The predicted octanol–water partition coefficient (Wildman–Crippen LogP) is 4.46. The summed E-state index contributed by atoms with van der Waals surface area (Å²) < 4.78 is 9.37. The molecular weight excluding hydrogens is 394 g/mol. The molecule has 162 valence electrons. The van der Waals surface area contributed by atoms with Gasteiger partial charge in [0.1, 0.15) is 11.3 Å². The average Bonchev–Trinajstić information content (AvgIpc) is 3.36. The van der Waals surface area contributed by atoms with E-state index >= 15 is 0 Å². The standard InChI is InChI=1S/C23H33N5OS/c1-2-3-4-19-27-20-21(28(19)14-15-7-11-29-12-8-15)22-17(26-23(20)24)13-18(30-22)16-5-9-25-10-6-16/h13,15-16,25H,2-12,14H2,1H3,(H2,24,26). The van der Waals surface area contributed by atoms with Gasteiger partial charge in [-0.3, -0.25) is 0 Å². The molecule has 2 aliphatic rings. The number of imidazole rings is 1. The summed E-state index contributed by atoms with van der Waals surface area (Å²) in [5.41, 5.74) is 9.62. The number of pyridine rings is 1. The average molecular weight is 428 g/mol. The van der Waals surface area contributed by atoms with Gasteiger partial charge in [0, 0.05) is 31.1 Å². The molecule has 6 nitrogen and oxygen atoms in total. The minimum Gasteiger partial charge on any atom is -0.382 e. The smallest absolute Gasteiger partial charge is 0.152 e. The van der Waals surface area contributed by atoms with Gasteiger partial charge in [0.05, 0.1) is 15.7 Å². The number of aryl methyl sites for hydroxylation is 1. The molecule has 5 rings (SSSR count). The second kappa shape index (κ2) is 8.81. The highest BCUT2D eigenvalue weighted by atomic mass is 32.1. The molecule has 2 fully saturated rings. The van der Waals surface area contributed by atoms with E-state index in [2.05, 4.69) is 22.9 Å². The second-order valence-electron chi connectivity index (χ2n) is 8.88. The molecule has 3 aromatic heterocycles. The van der Waals surface area contributed by atoms with E-state index < -0.39 is 0 Å². The molecule has 2 aliphatic heterocycles. The Morgan fingerprint density at radius 1 is 1.20 bits per heavy atom. The number of fused-ring (bicyclic) bond motifs is 3. The van der Waals surface area contributed by atoms with Crippen LogP contribution in [0, 0.1) is 5.92 Å². The maximum absolute atomic E-state index is 6.44. The summed E-state index contributed by atoms with van der Waals surface area (Å²) in [5.74, 6) is 3.03. The van der Waals surface area contributed by atoms with Gasteiger partial charge in [0.25, 0.3) is 0 Å². The summed E-state index contributed by atoms with van der Waals surface area (Å²) in [6, 6.07) is 2.29. The third-order valence-electron chi connectivity index (χ3n) is 6.75. The third-order valence-corrected chi connectivity index (χ3v) is 8.05. The number of unbranched alkanes of at least 4 members (excludes halogenated alkanes) is 1. The van der Waals surface area contributed by atoms with Crippen molar-refractivity contribution in [2.24, 2.45) is 5.92 Å². The van der Waals surface area contributed by atoms with Gasteiger partial charge in [-0.1, -0.05) is 13.3 Å². The number of hydrogen-bond acceptors (Lipinski definition) is 6. The van der Waals surface area contributed by atoms with Crippen molar-refractivity contribution in [1.82, 2.24) is 19.9 Å². The maximum atomic E-state index is 6.44. The highest BCUT2D eigenvalue weighted by Crippen LogP contribution is 2.40. The summed E-state index contributed by atoms with van der Waals surface area (Å²) in [5, 5.41) is 3.48. The van der Waals surface area contributed by atoms with Crippen molar-refractivity contribution in [3.63, 3.8) is 0 Å². The second-order valence-corrected chi connectivity index (χ2v) is 9.96. The van der Waals surface area contributed by atoms with Crippen LogP contribution in [0.3, 0.4) is 0 Å². The van der Waals surface area contributed by atoms with Crippen LogP contribution in [-0.2, 0) is 17.7 Å². The van der Waals surface area contributed by atoms with Gasteiger partial charge in [-0.2, -0.15) is 0 Å². The van der Waals surface area contributed by atoms with Crippen molar-refractivity contribution < 1.29 is 4.74 Å². The normalized spacial score (nSPS) is 19.2. The van der Waals surface area contributed by atoms with Crippen LogP contribution in [0.4, 0.5) is 5.82 Å². The Kier molecular flexibility index (Phi) is 5.94. The molecule has 0 bridgehead atoms. The number of aromatic nitrogens is 3. The Morgan fingerprint density at radius 3 is 2.77 bits per heavy atom. The van der Waals surface area contributed by atoms with Crippen LogP contribution in [0.1, 0.15) is 62.1 Å². The minimum atomic E-state index is 0.579. The molecule has 0 spiro atoms. The summed E-state index contributed by atoms with van der Waals surface area (Å²) >= 11 is 1.92. The molecule has 5 heterocycles. The number of rotatable bonds is 6. The Labute approximate surface area is 182 Å². The van der Waals surface area contributed by atoms with Crippen molar-refractivity contribution in [2.75, 3.05) is 32.0 Å². The van der Waals surface area contributed by atoms with Crippen molar-refractivity contribution in [1.29, 1.82) is 0 Å². The topological polar surface area (TPSA) is 78.0 Å². The largest absolute Gasteiger partial charge is 0.382 e. The number of nitrogens with two attached hydrogens (primary N) is 1. The van der Waals surface area contributed by atoms with E-state index in [1.54, 1.807) is 0 Å². The number of nitrogen functional groups attached to an aromatic ring is 1. The number of thiophene rings is 1. The van der Waals surface area contributed by atoms with E-state index in [9.17, 15) is 0 Å². The fourth-order valence-electron chi connectivity index (χ4n) is 4.96. The lowest BCUT2D eigenvalue weighted by Crippen LogP contribution is -2.26. The van der Waals surface area contributed by atoms with Gasteiger partial charge in [0.2, 0.25) is 0 Å². The zero-order valence-corrected chi connectivity index (χ0v) is 18.8. The number of piperidine rings is 1. The summed E-state index contributed by atoms with van der Waals surface area (Å²) in [4.78, 5) is 11.3. The van der Waals surface area contributed by atoms with E-state index in [1.165, 1.54) is 40.2 Å². The van der Waals surface area contributed by atoms with Crippen molar-refractivity contribution in [2.45, 2.75) is 64.3 Å². The zero-order valence-electron chi connectivity index (χ0n) is 18.0. The number of hydrogen-bond donors (Lipinski definition) is 2. The number of anilines is 1. The Hall–Kier alpha value is -1.70. The highest BCUT2D eigenvalue weighted by Gasteiger charge is 2.24. The Bertz CT molecular complexity index is 1010. The van der Waals surface area contributed by atoms with Gasteiger partial charge >= 0.3 is 0 Å². The molecule has 0 amide bonds. The lowest BCUT2D eigenvalue weighted by Gasteiger charge is -2.23. The molecule has 0 aliphatic carbocycles. The Balaban J connectivity index is 1.62. The first kappa shape index (κ1) is 20.2. The van der Waals surface area contributed by atoms with E-state index in [-0.39, 0.29) is 0 Å². The first-order valence-electron chi connectivity index (χ1n) is 11.6. The van der Waals surface area contributed by atoms with Crippen molar-refractivity contribution >= 4 is 38.4 Å². The first-order chi connectivity index (χ1) is 14.7. The van der Waals surface area contributed by atoms with Crippen LogP contribution in [0.5, 0.6) is 0 Å². The third kappa shape index (κ3) is 3.83. The van der Waals surface area contributed by atoms with E-state index in [0.29, 0.717) is 17.7 Å².